The average molecular weight is 327 g/mol. The molecule has 0 bridgehead atoms. The van der Waals surface area contributed by atoms with Crippen molar-refractivity contribution in [2.75, 3.05) is 5.75 Å². The van der Waals surface area contributed by atoms with Crippen molar-refractivity contribution >= 4 is 17.7 Å². The summed E-state index contributed by atoms with van der Waals surface area (Å²) in [4.78, 5) is 13.4. The summed E-state index contributed by atoms with van der Waals surface area (Å²) in [6, 6.07) is 14.6. The van der Waals surface area contributed by atoms with Crippen molar-refractivity contribution in [1.29, 1.82) is 0 Å². The Morgan fingerprint density at radius 1 is 1.04 bits per heavy atom. The molecular formula is C20H25NOS. The number of amides is 1. The van der Waals surface area contributed by atoms with Crippen LogP contribution in [0.15, 0.2) is 47.4 Å². The van der Waals surface area contributed by atoms with Crippen LogP contribution in [0.4, 0.5) is 0 Å². The van der Waals surface area contributed by atoms with E-state index >= 15 is 0 Å². The maximum absolute atomic E-state index is 12.2. The van der Waals surface area contributed by atoms with Crippen molar-refractivity contribution in [2.45, 2.75) is 45.1 Å². The molecule has 0 unspecified atom stereocenters. The Kier molecular flexibility index (Phi) is 6.28. The molecule has 2 aromatic rings. The number of benzene rings is 2. The van der Waals surface area contributed by atoms with Gasteiger partial charge < -0.3 is 5.32 Å². The van der Waals surface area contributed by atoms with Crippen LogP contribution in [0.1, 0.15) is 41.6 Å². The third-order valence-electron chi connectivity index (χ3n) is 4.07. The van der Waals surface area contributed by atoms with E-state index in [0.717, 1.165) is 5.75 Å². The zero-order valence-corrected chi connectivity index (χ0v) is 15.2. The molecule has 2 aromatic carbocycles. The van der Waals surface area contributed by atoms with Crippen LogP contribution in [0.5, 0.6) is 0 Å². The molecule has 0 fully saturated rings. The van der Waals surface area contributed by atoms with Gasteiger partial charge in [0.15, 0.2) is 0 Å². The SMILES string of the molecule is Cc1cc(C)c([C@@H](C)NC(=O)CCSc2ccccc2)cc1C. The zero-order chi connectivity index (χ0) is 16.8. The Labute approximate surface area is 143 Å². The van der Waals surface area contributed by atoms with E-state index in [2.05, 4.69) is 57.3 Å². The Bertz CT molecular complexity index is 667. The molecule has 2 rings (SSSR count). The van der Waals surface area contributed by atoms with Gasteiger partial charge in [0.25, 0.3) is 0 Å². The summed E-state index contributed by atoms with van der Waals surface area (Å²) in [7, 11) is 0. The van der Waals surface area contributed by atoms with E-state index in [-0.39, 0.29) is 11.9 Å². The predicted molar refractivity (Wildman–Crippen MR) is 99.0 cm³/mol. The van der Waals surface area contributed by atoms with Crippen LogP contribution in [0.3, 0.4) is 0 Å². The van der Waals surface area contributed by atoms with E-state index in [1.165, 1.54) is 27.1 Å². The number of hydrogen-bond acceptors (Lipinski definition) is 2. The molecule has 1 N–H and O–H groups in total. The van der Waals surface area contributed by atoms with E-state index in [0.29, 0.717) is 6.42 Å². The molecule has 0 aromatic heterocycles. The topological polar surface area (TPSA) is 29.1 Å². The first-order valence-corrected chi connectivity index (χ1v) is 9.01. The predicted octanol–water partition coefficient (Wildman–Crippen LogP) is 4.97. The lowest BCUT2D eigenvalue weighted by atomic mass is 9.96. The lowest BCUT2D eigenvalue weighted by molar-refractivity contribution is -0.121. The molecule has 0 aliphatic carbocycles. The number of nitrogens with one attached hydrogen (secondary N) is 1. The highest BCUT2D eigenvalue weighted by Gasteiger charge is 2.12. The fourth-order valence-electron chi connectivity index (χ4n) is 2.62. The van der Waals surface area contributed by atoms with Crippen molar-refractivity contribution in [3.8, 4) is 0 Å². The van der Waals surface area contributed by atoms with Crippen molar-refractivity contribution in [2.24, 2.45) is 0 Å². The van der Waals surface area contributed by atoms with Crippen LogP contribution in [0.2, 0.25) is 0 Å². The van der Waals surface area contributed by atoms with Crippen LogP contribution in [0, 0.1) is 20.8 Å². The van der Waals surface area contributed by atoms with Gasteiger partial charge >= 0.3 is 0 Å². The molecule has 0 aliphatic rings. The van der Waals surface area contributed by atoms with E-state index in [4.69, 9.17) is 0 Å². The fourth-order valence-corrected chi connectivity index (χ4v) is 3.49. The van der Waals surface area contributed by atoms with Crippen molar-refractivity contribution < 1.29 is 4.79 Å². The Morgan fingerprint density at radius 2 is 1.70 bits per heavy atom. The summed E-state index contributed by atoms with van der Waals surface area (Å²) >= 11 is 1.72. The van der Waals surface area contributed by atoms with Crippen LogP contribution < -0.4 is 5.32 Å². The lowest BCUT2D eigenvalue weighted by Crippen LogP contribution is -2.27. The minimum Gasteiger partial charge on any atom is -0.350 e. The lowest BCUT2D eigenvalue weighted by Gasteiger charge is -2.18. The summed E-state index contributed by atoms with van der Waals surface area (Å²) in [5.74, 6) is 0.910. The normalized spacial score (nSPS) is 12.0. The van der Waals surface area contributed by atoms with Gasteiger partial charge in [0.1, 0.15) is 0 Å². The first-order chi connectivity index (χ1) is 11.0. The molecule has 122 valence electrons. The minimum atomic E-state index is 0.0449. The van der Waals surface area contributed by atoms with Gasteiger partial charge in [0, 0.05) is 17.1 Å². The fraction of sp³-hybridized carbons (Fsp3) is 0.350. The Hall–Kier alpha value is -1.74. The van der Waals surface area contributed by atoms with Crippen LogP contribution in [0.25, 0.3) is 0 Å². The highest BCUT2D eigenvalue weighted by atomic mass is 32.2. The van der Waals surface area contributed by atoms with E-state index in [9.17, 15) is 4.79 Å². The highest BCUT2D eigenvalue weighted by Crippen LogP contribution is 2.22. The standard InChI is InChI=1S/C20H25NOS/c1-14-12-16(3)19(13-15(14)2)17(4)21-20(22)10-11-23-18-8-6-5-7-9-18/h5-9,12-13,17H,10-11H2,1-4H3,(H,21,22)/t17-/m1/s1. The van der Waals surface area contributed by atoms with Crippen molar-refractivity contribution in [3.63, 3.8) is 0 Å². The van der Waals surface area contributed by atoms with Gasteiger partial charge in [-0.05, 0) is 62.1 Å². The average Bonchev–Trinajstić information content (AvgIpc) is 2.51. The molecule has 2 nitrogen and oxygen atoms in total. The molecule has 0 heterocycles. The summed E-state index contributed by atoms with van der Waals surface area (Å²) in [6.45, 7) is 8.40. The van der Waals surface area contributed by atoms with Gasteiger partial charge in [-0.3, -0.25) is 4.79 Å². The first kappa shape index (κ1) is 17.6. The van der Waals surface area contributed by atoms with Crippen molar-refractivity contribution in [1.82, 2.24) is 5.32 Å². The molecule has 0 saturated heterocycles. The largest absolute Gasteiger partial charge is 0.350 e. The Morgan fingerprint density at radius 3 is 2.39 bits per heavy atom. The number of rotatable bonds is 6. The van der Waals surface area contributed by atoms with Gasteiger partial charge in [-0.1, -0.05) is 30.3 Å². The molecule has 1 amide bonds. The molecule has 0 radical (unpaired) electrons. The van der Waals surface area contributed by atoms with E-state index in [1.54, 1.807) is 11.8 Å². The summed E-state index contributed by atoms with van der Waals surface area (Å²) in [6.07, 6.45) is 0.536. The molecule has 1 atom stereocenters. The molecule has 3 heteroatoms. The molecule has 0 spiro atoms. The van der Waals surface area contributed by atoms with Gasteiger partial charge in [-0.2, -0.15) is 0 Å². The van der Waals surface area contributed by atoms with Gasteiger partial charge in [0.05, 0.1) is 6.04 Å². The smallest absolute Gasteiger partial charge is 0.221 e. The second kappa shape index (κ2) is 8.21. The third kappa shape index (κ3) is 5.14. The maximum atomic E-state index is 12.2. The number of carbonyl (C=O) groups is 1. The number of hydrogen-bond donors (Lipinski definition) is 1. The quantitative estimate of drug-likeness (QED) is 0.759. The number of aryl methyl sites for hydroxylation is 3. The second-order valence-corrected chi connectivity index (χ2v) is 7.16. The van der Waals surface area contributed by atoms with Gasteiger partial charge in [-0.25, -0.2) is 0 Å². The van der Waals surface area contributed by atoms with Crippen LogP contribution >= 0.6 is 11.8 Å². The molecule has 23 heavy (non-hydrogen) atoms. The molecule has 0 saturated carbocycles. The highest BCUT2D eigenvalue weighted by molar-refractivity contribution is 7.99. The van der Waals surface area contributed by atoms with E-state index < -0.39 is 0 Å². The van der Waals surface area contributed by atoms with Crippen LogP contribution in [-0.4, -0.2) is 11.7 Å². The van der Waals surface area contributed by atoms with Crippen molar-refractivity contribution in [3.05, 3.63) is 64.7 Å². The number of carbonyl (C=O) groups excluding carboxylic acids is 1. The monoisotopic (exact) mass is 327 g/mol. The van der Waals surface area contributed by atoms with Gasteiger partial charge in [0.2, 0.25) is 5.91 Å². The minimum absolute atomic E-state index is 0.0449. The first-order valence-electron chi connectivity index (χ1n) is 8.02. The third-order valence-corrected chi connectivity index (χ3v) is 5.08. The van der Waals surface area contributed by atoms with Crippen LogP contribution in [-0.2, 0) is 4.79 Å². The second-order valence-electron chi connectivity index (χ2n) is 5.99. The van der Waals surface area contributed by atoms with Gasteiger partial charge in [-0.15, -0.1) is 11.8 Å². The molecular weight excluding hydrogens is 302 g/mol. The summed E-state index contributed by atoms with van der Waals surface area (Å²) < 4.78 is 0. The molecule has 0 aliphatic heterocycles. The zero-order valence-electron chi connectivity index (χ0n) is 14.3. The number of thioether (sulfide) groups is 1. The Balaban J connectivity index is 1.86. The summed E-state index contributed by atoms with van der Waals surface area (Å²) in [5, 5.41) is 3.12. The van der Waals surface area contributed by atoms with E-state index in [1.807, 2.05) is 18.2 Å². The maximum Gasteiger partial charge on any atom is 0.221 e. The summed E-state index contributed by atoms with van der Waals surface area (Å²) in [5.41, 5.74) is 5.01.